The van der Waals surface area contributed by atoms with Gasteiger partial charge in [-0.25, -0.2) is 0 Å². The molecule has 0 spiro atoms. The van der Waals surface area contributed by atoms with E-state index in [-0.39, 0.29) is 0 Å². The molecule has 0 bridgehead atoms. The molecule has 0 amide bonds. The van der Waals surface area contributed by atoms with Crippen LogP contribution in [-0.2, 0) is 0 Å². The molecule has 0 aromatic carbocycles. The van der Waals surface area contributed by atoms with Crippen LogP contribution < -0.4 is 0 Å². The highest BCUT2D eigenvalue weighted by atomic mass is 35.7. The lowest BCUT2D eigenvalue weighted by molar-refractivity contribution is 0.305. The van der Waals surface area contributed by atoms with Gasteiger partial charge in [0, 0.05) is 4.75 Å². The molecule has 0 aromatic rings. The van der Waals surface area contributed by atoms with Crippen molar-refractivity contribution in [2.24, 2.45) is 5.92 Å². The number of rotatable bonds is 2. The quantitative estimate of drug-likeness (QED) is 0.631. The maximum atomic E-state index is 5.84. The molecule has 2 heteroatoms. The molecule has 1 aliphatic carbocycles. The van der Waals surface area contributed by atoms with Crippen LogP contribution >= 0.6 is 21.7 Å². The van der Waals surface area contributed by atoms with E-state index in [1.807, 2.05) is 0 Å². The molecule has 0 aliphatic heterocycles. The smallest absolute Gasteiger partial charge is 0.0283 e. The Morgan fingerprint density at radius 1 is 1.18 bits per heavy atom. The summed E-state index contributed by atoms with van der Waals surface area (Å²) in [5, 5.41) is 0. The summed E-state index contributed by atoms with van der Waals surface area (Å²) in [4.78, 5) is 0. The van der Waals surface area contributed by atoms with Crippen LogP contribution in [0.5, 0.6) is 0 Å². The van der Waals surface area contributed by atoms with Crippen molar-refractivity contribution in [1.29, 1.82) is 0 Å². The number of halogens is 1. The molecule has 0 nitrogen and oxygen atoms in total. The maximum absolute atomic E-state index is 5.84. The van der Waals surface area contributed by atoms with E-state index in [0.717, 1.165) is 5.92 Å². The minimum atomic E-state index is 0.294. The van der Waals surface area contributed by atoms with Crippen molar-refractivity contribution < 1.29 is 0 Å². The first-order valence-corrected chi connectivity index (χ1v) is 6.11. The van der Waals surface area contributed by atoms with E-state index in [2.05, 4.69) is 13.8 Å². The predicted molar refractivity (Wildman–Crippen MR) is 54.1 cm³/mol. The fourth-order valence-electron chi connectivity index (χ4n) is 1.86. The Balaban J connectivity index is 2.43. The second-order valence-corrected chi connectivity index (χ2v) is 5.68. The Kier molecular flexibility index (Phi) is 3.57. The average molecular weight is 193 g/mol. The highest BCUT2D eigenvalue weighted by molar-refractivity contribution is 8.22. The van der Waals surface area contributed by atoms with Gasteiger partial charge in [-0.05, 0) is 54.3 Å². The van der Waals surface area contributed by atoms with E-state index in [1.165, 1.54) is 43.1 Å². The molecule has 1 saturated carbocycles. The Bertz CT molecular complexity index is 117. The summed E-state index contributed by atoms with van der Waals surface area (Å²) in [5.41, 5.74) is 0. The first kappa shape index (κ1) is 9.73. The predicted octanol–water partition coefficient (Wildman–Crippen LogP) is 4.23. The molecular formula is C9H17ClS. The van der Waals surface area contributed by atoms with Crippen molar-refractivity contribution in [3.05, 3.63) is 0 Å². The summed E-state index contributed by atoms with van der Waals surface area (Å²) < 4.78 is 0.294. The summed E-state index contributed by atoms with van der Waals surface area (Å²) in [7, 11) is 7.35. The molecule has 66 valence electrons. The monoisotopic (exact) mass is 192 g/mol. The second-order valence-electron chi connectivity index (χ2n) is 4.02. The van der Waals surface area contributed by atoms with Crippen LogP contribution in [-0.4, -0.2) is 4.75 Å². The van der Waals surface area contributed by atoms with Crippen molar-refractivity contribution in [3.63, 3.8) is 0 Å². The van der Waals surface area contributed by atoms with E-state index in [4.69, 9.17) is 10.7 Å². The number of hydrogen-bond acceptors (Lipinski definition) is 1. The summed E-state index contributed by atoms with van der Waals surface area (Å²) >= 11 is 0. The van der Waals surface area contributed by atoms with Crippen LogP contribution in [0, 0.1) is 5.92 Å². The fraction of sp³-hybridized carbons (Fsp3) is 1.00. The van der Waals surface area contributed by atoms with Crippen molar-refractivity contribution in [3.8, 4) is 0 Å². The Morgan fingerprint density at radius 3 is 2.18 bits per heavy atom. The van der Waals surface area contributed by atoms with Gasteiger partial charge in [0.1, 0.15) is 0 Å². The van der Waals surface area contributed by atoms with Gasteiger partial charge in [0.2, 0.25) is 0 Å². The molecule has 0 heterocycles. The van der Waals surface area contributed by atoms with E-state index in [9.17, 15) is 0 Å². The van der Waals surface area contributed by atoms with Gasteiger partial charge in [-0.3, -0.25) is 0 Å². The van der Waals surface area contributed by atoms with E-state index >= 15 is 0 Å². The summed E-state index contributed by atoms with van der Waals surface area (Å²) in [6.45, 7) is 4.53. The molecule has 0 atom stereocenters. The molecule has 1 aliphatic rings. The first-order valence-electron chi connectivity index (χ1n) is 4.46. The molecule has 0 saturated heterocycles. The Morgan fingerprint density at radius 2 is 1.73 bits per heavy atom. The van der Waals surface area contributed by atoms with Gasteiger partial charge in [-0.2, -0.15) is 0 Å². The molecule has 11 heavy (non-hydrogen) atoms. The first-order chi connectivity index (χ1) is 5.17. The minimum absolute atomic E-state index is 0.294. The van der Waals surface area contributed by atoms with Crippen molar-refractivity contribution >= 4 is 21.7 Å². The van der Waals surface area contributed by atoms with Gasteiger partial charge < -0.3 is 0 Å². The molecular weight excluding hydrogens is 176 g/mol. The third-order valence-electron chi connectivity index (χ3n) is 2.79. The zero-order valence-electron chi connectivity index (χ0n) is 7.40. The van der Waals surface area contributed by atoms with Gasteiger partial charge in [-0.1, -0.05) is 19.3 Å². The van der Waals surface area contributed by atoms with Gasteiger partial charge in [0.05, 0.1) is 0 Å². The zero-order chi connectivity index (χ0) is 8.32. The lowest BCUT2D eigenvalue weighted by Crippen LogP contribution is -2.28. The second kappa shape index (κ2) is 4.04. The van der Waals surface area contributed by atoms with E-state index < -0.39 is 0 Å². The van der Waals surface area contributed by atoms with Gasteiger partial charge in [-0.15, -0.1) is 0 Å². The molecule has 1 fully saturated rings. The third kappa shape index (κ3) is 2.55. The molecule has 0 unspecified atom stereocenters. The largest absolute Gasteiger partial charge is 0.0533 e. The zero-order valence-corrected chi connectivity index (χ0v) is 8.97. The van der Waals surface area contributed by atoms with Crippen molar-refractivity contribution in [1.82, 2.24) is 0 Å². The van der Waals surface area contributed by atoms with Crippen LogP contribution in [0.25, 0.3) is 0 Å². The maximum Gasteiger partial charge on any atom is 0.0283 e. The van der Waals surface area contributed by atoms with Gasteiger partial charge in [0.15, 0.2) is 0 Å². The highest BCUT2D eigenvalue weighted by Crippen LogP contribution is 2.42. The summed E-state index contributed by atoms with van der Waals surface area (Å²) in [6.07, 6.45) is 7.01. The van der Waals surface area contributed by atoms with E-state index in [1.54, 1.807) is 0 Å². The minimum Gasteiger partial charge on any atom is -0.0533 e. The standard InChI is InChI=1S/C9H17ClS/c1-9(2,11-10)8-6-4-3-5-7-8/h8H,3-7H2,1-2H3. The van der Waals surface area contributed by atoms with Crippen LogP contribution in [0.1, 0.15) is 46.0 Å². The van der Waals surface area contributed by atoms with Crippen molar-refractivity contribution in [2.75, 3.05) is 0 Å². The summed E-state index contributed by atoms with van der Waals surface area (Å²) in [6, 6.07) is 0. The lowest BCUT2D eigenvalue weighted by atomic mass is 9.81. The lowest BCUT2D eigenvalue weighted by Gasteiger charge is -2.34. The molecule has 0 aromatic heterocycles. The van der Waals surface area contributed by atoms with Gasteiger partial charge >= 0.3 is 0 Å². The summed E-state index contributed by atoms with van der Waals surface area (Å²) in [5.74, 6) is 0.846. The Labute approximate surface area is 78.6 Å². The third-order valence-corrected chi connectivity index (χ3v) is 4.71. The fourth-order valence-corrected chi connectivity index (χ4v) is 2.60. The van der Waals surface area contributed by atoms with Crippen LogP contribution in [0.4, 0.5) is 0 Å². The molecule has 0 N–H and O–H groups in total. The Hall–Kier alpha value is 0.640. The van der Waals surface area contributed by atoms with E-state index in [0.29, 0.717) is 4.75 Å². The molecule has 1 rings (SSSR count). The van der Waals surface area contributed by atoms with Crippen LogP contribution in [0.2, 0.25) is 0 Å². The van der Waals surface area contributed by atoms with Gasteiger partial charge in [0.25, 0.3) is 0 Å². The van der Waals surface area contributed by atoms with Crippen molar-refractivity contribution in [2.45, 2.75) is 50.7 Å². The highest BCUT2D eigenvalue weighted by Gasteiger charge is 2.30. The molecule has 0 radical (unpaired) electrons. The normalized spacial score (nSPS) is 22.1. The SMILES string of the molecule is CC(C)(SCl)C1CCCCC1. The topological polar surface area (TPSA) is 0 Å². The number of hydrogen-bond donors (Lipinski definition) is 0. The average Bonchev–Trinajstić information content (AvgIpc) is 2.06. The van der Waals surface area contributed by atoms with Crippen LogP contribution in [0.15, 0.2) is 0 Å². The van der Waals surface area contributed by atoms with Crippen LogP contribution in [0.3, 0.4) is 0 Å².